The van der Waals surface area contributed by atoms with Crippen molar-refractivity contribution in [2.45, 2.75) is 13.0 Å². The van der Waals surface area contributed by atoms with Crippen molar-refractivity contribution in [1.82, 2.24) is 4.90 Å². The highest BCUT2D eigenvalue weighted by Gasteiger charge is 2.29. The van der Waals surface area contributed by atoms with E-state index in [2.05, 4.69) is 5.16 Å². The molecule has 1 heterocycles. The Balaban J connectivity index is 2.42. The molecule has 16 heavy (non-hydrogen) atoms. The van der Waals surface area contributed by atoms with Crippen LogP contribution in [0.3, 0.4) is 0 Å². The van der Waals surface area contributed by atoms with Crippen molar-refractivity contribution in [2.24, 2.45) is 5.16 Å². The molecule has 1 aliphatic rings. The summed E-state index contributed by atoms with van der Waals surface area (Å²) >= 11 is 0. The highest BCUT2D eigenvalue weighted by molar-refractivity contribution is 6.09. The molecule has 1 aliphatic heterocycles. The number of nitrogens with zero attached hydrogens (tertiary/aromatic N) is 2. The Morgan fingerprint density at radius 3 is 2.81 bits per heavy atom. The maximum Gasteiger partial charge on any atom is 0.271 e. The SMILES string of the molecule is CC1ON=C(c2ccccc2F)N(C)C1=O. The number of oxime groups is 1. The smallest absolute Gasteiger partial charge is 0.271 e. The zero-order valence-electron chi connectivity index (χ0n) is 8.98. The van der Waals surface area contributed by atoms with Gasteiger partial charge in [0, 0.05) is 7.05 Å². The van der Waals surface area contributed by atoms with Gasteiger partial charge in [0.2, 0.25) is 6.10 Å². The number of amides is 1. The molecule has 0 fully saturated rings. The van der Waals surface area contributed by atoms with Gasteiger partial charge in [0.25, 0.3) is 5.91 Å². The summed E-state index contributed by atoms with van der Waals surface area (Å²) in [5, 5.41) is 3.75. The van der Waals surface area contributed by atoms with Gasteiger partial charge in [-0.3, -0.25) is 9.69 Å². The fourth-order valence-corrected chi connectivity index (χ4v) is 1.48. The van der Waals surface area contributed by atoms with Gasteiger partial charge in [-0.1, -0.05) is 17.3 Å². The average molecular weight is 222 g/mol. The van der Waals surface area contributed by atoms with Crippen LogP contribution in [-0.4, -0.2) is 29.8 Å². The summed E-state index contributed by atoms with van der Waals surface area (Å²) in [5.74, 6) is -0.478. The minimum absolute atomic E-state index is 0.196. The van der Waals surface area contributed by atoms with Crippen molar-refractivity contribution in [2.75, 3.05) is 7.05 Å². The second-order valence-corrected chi connectivity index (χ2v) is 3.54. The van der Waals surface area contributed by atoms with Crippen LogP contribution in [-0.2, 0) is 9.63 Å². The minimum atomic E-state index is -0.625. The quantitative estimate of drug-likeness (QED) is 0.720. The first kappa shape index (κ1) is 10.6. The summed E-state index contributed by atoms with van der Waals surface area (Å²) in [7, 11) is 1.55. The van der Waals surface area contributed by atoms with E-state index in [0.717, 1.165) is 0 Å². The second kappa shape index (κ2) is 3.92. The predicted octanol–water partition coefficient (Wildman–Crippen LogP) is 1.36. The van der Waals surface area contributed by atoms with Gasteiger partial charge in [-0.2, -0.15) is 0 Å². The Morgan fingerprint density at radius 1 is 1.44 bits per heavy atom. The molecule has 0 saturated carbocycles. The minimum Gasteiger partial charge on any atom is -0.381 e. The lowest BCUT2D eigenvalue weighted by Gasteiger charge is -2.26. The van der Waals surface area contributed by atoms with E-state index in [9.17, 15) is 9.18 Å². The van der Waals surface area contributed by atoms with Crippen LogP contribution in [0.2, 0.25) is 0 Å². The standard InChI is InChI=1S/C11H11FN2O2/c1-7-11(15)14(2)10(13-16-7)8-5-3-4-6-9(8)12/h3-7H,1-2H3. The fraction of sp³-hybridized carbons (Fsp3) is 0.273. The van der Waals surface area contributed by atoms with Crippen LogP contribution in [0.1, 0.15) is 12.5 Å². The molecule has 5 heteroatoms. The molecule has 0 aliphatic carbocycles. The predicted molar refractivity (Wildman–Crippen MR) is 56.3 cm³/mol. The van der Waals surface area contributed by atoms with Crippen molar-refractivity contribution in [3.05, 3.63) is 35.6 Å². The number of rotatable bonds is 1. The topological polar surface area (TPSA) is 41.9 Å². The summed E-state index contributed by atoms with van der Waals surface area (Å²) in [6.45, 7) is 1.60. The summed E-state index contributed by atoms with van der Waals surface area (Å²) in [6.07, 6.45) is -0.625. The largest absolute Gasteiger partial charge is 0.381 e. The molecule has 0 saturated heterocycles. The van der Waals surface area contributed by atoms with Crippen molar-refractivity contribution < 1.29 is 14.0 Å². The van der Waals surface area contributed by atoms with E-state index in [1.807, 2.05) is 0 Å². The Morgan fingerprint density at radius 2 is 2.12 bits per heavy atom. The first-order chi connectivity index (χ1) is 7.61. The van der Waals surface area contributed by atoms with Crippen molar-refractivity contribution in [1.29, 1.82) is 0 Å². The van der Waals surface area contributed by atoms with Crippen LogP contribution in [0.25, 0.3) is 0 Å². The zero-order chi connectivity index (χ0) is 11.7. The molecule has 0 aromatic heterocycles. The first-order valence-electron chi connectivity index (χ1n) is 4.87. The Labute approximate surface area is 92.3 Å². The molecule has 1 atom stereocenters. The van der Waals surface area contributed by atoms with E-state index >= 15 is 0 Å². The maximum absolute atomic E-state index is 13.5. The molecule has 1 amide bonds. The van der Waals surface area contributed by atoms with Crippen LogP contribution in [0.5, 0.6) is 0 Å². The summed E-state index contributed by atoms with van der Waals surface area (Å²) in [4.78, 5) is 17.8. The van der Waals surface area contributed by atoms with E-state index < -0.39 is 11.9 Å². The Hall–Kier alpha value is -1.91. The van der Waals surface area contributed by atoms with Crippen LogP contribution in [0.15, 0.2) is 29.4 Å². The lowest BCUT2D eigenvalue weighted by Crippen LogP contribution is -2.44. The Bertz CT molecular complexity index is 459. The van der Waals surface area contributed by atoms with Crippen molar-refractivity contribution in [3.63, 3.8) is 0 Å². The van der Waals surface area contributed by atoms with E-state index in [1.165, 1.54) is 11.0 Å². The van der Waals surface area contributed by atoms with Crippen LogP contribution >= 0.6 is 0 Å². The van der Waals surface area contributed by atoms with Gasteiger partial charge in [0.1, 0.15) is 5.82 Å². The van der Waals surface area contributed by atoms with E-state index in [4.69, 9.17) is 4.84 Å². The number of benzene rings is 1. The van der Waals surface area contributed by atoms with E-state index in [1.54, 1.807) is 32.2 Å². The first-order valence-corrected chi connectivity index (χ1v) is 4.87. The van der Waals surface area contributed by atoms with E-state index in [-0.39, 0.29) is 17.3 Å². The third-order valence-electron chi connectivity index (χ3n) is 2.41. The van der Waals surface area contributed by atoms with Gasteiger partial charge < -0.3 is 4.84 Å². The highest BCUT2D eigenvalue weighted by Crippen LogP contribution is 2.15. The average Bonchev–Trinajstić information content (AvgIpc) is 2.28. The van der Waals surface area contributed by atoms with Gasteiger partial charge in [-0.25, -0.2) is 4.39 Å². The van der Waals surface area contributed by atoms with Crippen LogP contribution in [0.4, 0.5) is 4.39 Å². The maximum atomic E-state index is 13.5. The van der Waals surface area contributed by atoms with Crippen molar-refractivity contribution >= 4 is 11.7 Å². The molecule has 0 radical (unpaired) electrons. The van der Waals surface area contributed by atoms with Crippen molar-refractivity contribution in [3.8, 4) is 0 Å². The van der Waals surface area contributed by atoms with Gasteiger partial charge in [0.05, 0.1) is 5.56 Å². The van der Waals surface area contributed by atoms with Gasteiger partial charge in [-0.05, 0) is 19.1 Å². The number of hydrogen-bond donors (Lipinski definition) is 0. The van der Waals surface area contributed by atoms with Gasteiger partial charge in [-0.15, -0.1) is 0 Å². The normalized spacial score (nSPS) is 20.4. The number of carbonyl (C=O) groups excluding carboxylic acids is 1. The number of carbonyl (C=O) groups is 1. The zero-order valence-corrected chi connectivity index (χ0v) is 8.98. The summed E-state index contributed by atoms with van der Waals surface area (Å²) in [6, 6.07) is 6.12. The molecule has 1 aromatic carbocycles. The summed E-state index contributed by atoms with van der Waals surface area (Å²) < 4.78 is 13.5. The molecule has 0 spiro atoms. The van der Waals surface area contributed by atoms with E-state index in [0.29, 0.717) is 0 Å². The third kappa shape index (κ3) is 1.64. The number of hydrogen-bond acceptors (Lipinski definition) is 3. The fourth-order valence-electron chi connectivity index (χ4n) is 1.48. The van der Waals surface area contributed by atoms with Gasteiger partial charge >= 0.3 is 0 Å². The third-order valence-corrected chi connectivity index (χ3v) is 2.41. The molecule has 0 N–H and O–H groups in total. The molecule has 1 aromatic rings. The Kier molecular flexibility index (Phi) is 2.60. The highest BCUT2D eigenvalue weighted by atomic mass is 19.1. The second-order valence-electron chi connectivity index (χ2n) is 3.54. The lowest BCUT2D eigenvalue weighted by atomic mass is 10.1. The van der Waals surface area contributed by atoms with Gasteiger partial charge in [0.15, 0.2) is 5.84 Å². The van der Waals surface area contributed by atoms with Crippen LogP contribution < -0.4 is 0 Å². The molecule has 84 valence electrons. The van der Waals surface area contributed by atoms with Crippen LogP contribution in [0, 0.1) is 5.82 Å². The number of halogens is 1. The molecule has 0 bridgehead atoms. The lowest BCUT2D eigenvalue weighted by molar-refractivity contribution is -0.140. The monoisotopic (exact) mass is 222 g/mol. The molecule has 1 unspecified atom stereocenters. The molecule has 2 rings (SSSR count). The molecule has 4 nitrogen and oxygen atoms in total. The number of likely N-dealkylation sites (N-methyl/N-ethyl adjacent to an activating group) is 1. The molecular weight excluding hydrogens is 211 g/mol. The molecular formula is C11H11FN2O2. The number of amidine groups is 1. The summed E-state index contributed by atoms with van der Waals surface area (Å²) in [5.41, 5.74) is 0.255.